The number of hydrogen-bond donors (Lipinski definition) is 0. The van der Waals surface area contributed by atoms with Gasteiger partial charge in [0, 0.05) is 15.6 Å². The van der Waals surface area contributed by atoms with Crippen LogP contribution in [0.15, 0.2) is 34.9 Å². The molecule has 0 aromatic carbocycles. The van der Waals surface area contributed by atoms with Crippen LogP contribution in [-0.4, -0.2) is 12.7 Å². The van der Waals surface area contributed by atoms with Gasteiger partial charge in [0.15, 0.2) is 0 Å². The smallest absolute Gasteiger partial charge is 0.0749 e. The molecule has 1 aliphatic carbocycles. The third kappa shape index (κ3) is 4.32. The highest BCUT2D eigenvalue weighted by Gasteiger charge is 2.15. The van der Waals surface area contributed by atoms with E-state index in [4.69, 9.17) is 27.9 Å². The van der Waals surface area contributed by atoms with Crippen LogP contribution in [-0.2, 0) is 4.74 Å². The molecule has 0 aromatic rings. The van der Waals surface area contributed by atoms with E-state index in [0.717, 1.165) is 18.4 Å². The second-order valence-corrected chi connectivity index (χ2v) is 4.87. The quantitative estimate of drug-likeness (QED) is 0.648. The molecule has 1 saturated carbocycles. The van der Waals surface area contributed by atoms with Gasteiger partial charge in [-0.15, -0.1) is 0 Å². The summed E-state index contributed by atoms with van der Waals surface area (Å²) in [6, 6.07) is 0. The van der Waals surface area contributed by atoms with Gasteiger partial charge in [-0.05, 0) is 12.8 Å². The van der Waals surface area contributed by atoms with E-state index in [9.17, 15) is 0 Å². The van der Waals surface area contributed by atoms with Crippen molar-refractivity contribution in [2.45, 2.75) is 38.2 Å². The maximum atomic E-state index is 5.98. The zero-order chi connectivity index (χ0) is 12.0. The number of ether oxygens (including phenoxy) is 1. The Labute approximate surface area is 108 Å². The molecule has 0 heterocycles. The molecule has 0 aliphatic heterocycles. The molecule has 1 aliphatic rings. The molecule has 1 fully saturated rings. The predicted molar refractivity (Wildman–Crippen MR) is 70.9 cm³/mol. The number of allylic oxidation sites excluding steroid dienone is 2. The molecule has 0 radical (unpaired) electrons. The van der Waals surface area contributed by atoms with Gasteiger partial charge < -0.3 is 4.74 Å². The van der Waals surface area contributed by atoms with Crippen molar-refractivity contribution in [2.75, 3.05) is 6.61 Å². The largest absolute Gasteiger partial charge is 0.373 e. The van der Waals surface area contributed by atoms with Crippen molar-refractivity contribution in [1.29, 1.82) is 0 Å². The van der Waals surface area contributed by atoms with E-state index in [1.54, 1.807) is 6.08 Å². The Kier molecular flexibility index (Phi) is 6.18. The van der Waals surface area contributed by atoms with E-state index in [1.807, 2.05) is 0 Å². The fourth-order valence-electron chi connectivity index (χ4n) is 1.83. The van der Waals surface area contributed by atoms with Gasteiger partial charge in [-0.3, -0.25) is 0 Å². The van der Waals surface area contributed by atoms with E-state index in [0.29, 0.717) is 22.8 Å². The highest BCUT2D eigenvalue weighted by Crippen LogP contribution is 2.25. The highest BCUT2D eigenvalue weighted by molar-refractivity contribution is 6.36. The zero-order valence-corrected chi connectivity index (χ0v) is 11.0. The molecule has 0 saturated heterocycles. The summed E-state index contributed by atoms with van der Waals surface area (Å²) in [6.07, 6.45) is 7.99. The van der Waals surface area contributed by atoms with Crippen LogP contribution in [0.25, 0.3) is 0 Å². The van der Waals surface area contributed by atoms with Crippen LogP contribution in [0, 0.1) is 0 Å². The van der Waals surface area contributed by atoms with Crippen LogP contribution >= 0.6 is 23.2 Å². The van der Waals surface area contributed by atoms with Gasteiger partial charge in [0.1, 0.15) is 0 Å². The summed E-state index contributed by atoms with van der Waals surface area (Å²) in [6.45, 7) is 7.73. The lowest BCUT2D eigenvalue weighted by Gasteiger charge is -2.22. The first-order valence-corrected chi connectivity index (χ1v) is 6.38. The van der Waals surface area contributed by atoms with Crippen LogP contribution in [0.3, 0.4) is 0 Å². The Balaban J connectivity index is 2.50. The zero-order valence-electron chi connectivity index (χ0n) is 9.48. The van der Waals surface area contributed by atoms with E-state index < -0.39 is 0 Å². The Hall–Kier alpha value is -0.240. The standard InChI is InChI=1S/C13H18Cl2O/c1-3-13(15)12(10(2)14)9-16-11-7-5-4-6-8-11/h3,11H,1-2,4-9H2/b13-12+. The van der Waals surface area contributed by atoms with Gasteiger partial charge in [0.25, 0.3) is 0 Å². The number of rotatable bonds is 5. The third-order valence-corrected chi connectivity index (χ3v) is 3.42. The summed E-state index contributed by atoms with van der Waals surface area (Å²) in [5.74, 6) is 0. The molecular formula is C13H18Cl2O. The molecule has 0 bridgehead atoms. The number of hydrogen-bond acceptors (Lipinski definition) is 1. The molecule has 0 spiro atoms. The molecule has 90 valence electrons. The fourth-order valence-corrected chi connectivity index (χ4v) is 2.21. The summed E-state index contributed by atoms with van der Waals surface area (Å²) < 4.78 is 5.79. The van der Waals surface area contributed by atoms with Gasteiger partial charge in [-0.2, -0.15) is 0 Å². The first-order chi connectivity index (χ1) is 7.65. The predicted octanol–water partition coefficient (Wildman–Crippen LogP) is 4.77. The first kappa shape index (κ1) is 13.8. The van der Waals surface area contributed by atoms with Gasteiger partial charge in [-0.1, -0.05) is 61.7 Å². The second-order valence-electron chi connectivity index (χ2n) is 4.01. The van der Waals surface area contributed by atoms with Crippen LogP contribution in [0.5, 0.6) is 0 Å². The number of halogens is 2. The Morgan fingerprint density at radius 3 is 2.38 bits per heavy atom. The van der Waals surface area contributed by atoms with Crippen LogP contribution in [0.1, 0.15) is 32.1 Å². The van der Waals surface area contributed by atoms with Crippen LogP contribution < -0.4 is 0 Å². The van der Waals surface area contributed by atoms with Crippen molar-refractivity contribution in [3.05, 3.63) is 34.9 Å². The normalized spacial score (nSPS) is 19.1. The Morgan fingerprint density at radius 1 is 1.25 bits per heavy atom. The lowest BCUT2D eigenvalue weighted by atomic mass is 9.98. The highest BCUT2D eigenvalue weighted by atomic mass is 35.5. The lowest BCUT2D eigenvalue weighted by molar-refractivity contribution is 0.0436. The van der Waals surface area contributed by atoms with E-state index in [-0.39, 0.29) is 0 Å². The van der Waals surface area contributed by atoms with Crippen molar-refractivity contribution in [3.8, 4) is 0 Å². The van der Waals surface area contributed by atoms with Crippen molar-refractivity contribution < 1.29 is 4.74 Å². The molecule has 0 unspecified atom stereocenters. The van der Waals surface area contributed by atoms with Crippen molar-refractivity contribution >= 4 is 23.2 Å². The van der Waals surface area contributed by atoms with Gasteiger partial charge >= 0.3 is 0 Å². The summed E-state index contributed by atoms with van der Waals surface area (Å²) in [7, 11) is 0. The second kappa shape index (κ2) is 7.16. The van der Waals surface area contributed by atoms with E-state index in [1.165, 1.54) is 19.3 Å². The molecule has 1 rings (SSSR count). The van der Waals surface area contributed by atoms with Crippen molar-refractivity contribution in [2.24, 2.45) is 0 Å². The molecule has 16 heavy (non-hydrogen) atoms. The minimum Gasteiger partial charge on any atom is -0.373 e. The van der Waals surface area contributed by atoms with Crippen LogP contribution in [0.2, 0.25) is 0 Å². The molecule has 0 amide bonds. The van der Waals surface area contributed by atoms with Crippen LogP contribution in [0.4, 0.5) is 0 Å². The molecule has 0 N–H and O–H groups in total. The van der Waals surface area contributed by atoms with Gasteiger partial charge in [0.2, 0.25) is 0 Å². The maximum Gasteiger partial charge on any atom is 0.0749 e. The minimum atomic E-state index is 0.342. The topological polar surface area (TPSA) is 9.23 Å². The monoisotopic (exact) mass is 260 g/mol. The third-order valence-electron chi connectivity index (χ3n) is 2.81. The molecule has 0 atom stereocenters. The summed E-state index contributed by atoms with van der Waals surface area (Å²) >= 11 is 11.9. The SMILES string of the molecule is C=C/C(Cl)=C(/COC1CCCCC1)C(=C)Cl. The van der Waals surface area contributed by atoms with Gasteiger partial charge in [0.05, 0.1) is 12.7 Å². The van der Waals surface area contributed by atoms with Crippen molar-refractivity contribution in [3.63, 3.8) is 0 Å². The summed E-state index contributed by atoms with van der Waals surface area (Å²) in [5.41, 5.74) is 0.740. The lowest BCUT2D eigenvalue weighted by Crippen LogP contribution is -2.18. The molecule has 0 aromatic heterocycles. The van der Waals surface area contributed by atoms with E-state index in [2.05, 4.69) is 13.2 Å². The van der Waals surface area contributed by atoms with Gasteiger partial charge in [-0.25, -0.2) is 0 Å². The Morgan fingerprint density at radius 2 is 1.88 bits per heavy atom. The average Bonchev–Trinajstić information content (AvgIpc) is 2.30. The summed E-state index contributed by atoms with van der Waals surface area (Å²) in [4.78, 5) is 0. The molecule has 1 nitrogen and oxygen atoms in total. The fraction of sp³-hybridized carbons (Fsp3) is 0.538. The maximum absolute atomic E-state index is 5.98. The Bertz CT molecular complexity index is 288. The minimum absolute atomic E-state index is 0.342. The first-order valence-electron chi connectivity index (χ1n) is 5.62. The average molecular weight is 261 g/mol. The molecule has 3 heteroatoms. The van der Waals surface area contributed by atoms with Crippen molar-refractivity contribution in [1.82, 2.24) is 0 Å². The van der Waals surface area contributed by atoms with E-state index >= 15 is 0 Å². The molecular weight excluding hydrogens is 243 g/mol. The summed E-state index contributed by atoms with van der Waals surface area (Å²) in [5, 5.41) is 0.955.